The maximum atomic E-state index is 10.9. The molecule has 0 aliphatic rings. The number of rotatable bonds is 4. The van der Waals surface area contributed by atoms with E-state index < -0.39 is 4.92 Å². The van der Waals surface area contributed by atoms with Gasteiger partial charge in [-0.3, -0.25) is 10.1 Å². The number of hydrogen-bond acceptors (Lipinski definition) is 5. The van der Waals surface area contributed by atoms with Crippen molar-refractivity contribution in [3.8, 4) is 11.5 Å². The Morgan fingerprint density at radius 1 is 1.44 bits per heavy atom. The first-order valence-corrected chi connectivity index (χ1v) is 6.26. The molecule has 1 aromatic heterocycles. The molecular formula is C11H10BrN3O3. The molecule has 0 spiro atoms. The molecule has 0 amide bonds. The first-order chi connectivity index (χ1) is 8.63. The van der Waals surface area contributed by atoms with Crippen LogP contribution < -0.4 is 0 Å². The van der Waals surface area contributed by atoms with Crippen molar-refractivity contribution in [2.75, 3.05) is 0 Å². The Bertz CT molecular complexity index is 570. The van der Waals surface area contributed by atoms with Crippen LogP contribution in [-0.4, -0.2) is 15.1 Å². The fourth-order valence-electron chi connectivity index (χ4n) is 1.46. The van der Waals surface area contributed by atoms with Crippen molar-refractivity contribution in [1.29, 1.82) is 0 Å². The third-order valence-corrected chi connectivity index (χ3v) is 3.44. The molecule has 0 radical (unpaired) electrons. The number of nitrogens with zero attached hydrogens (tertiary/aromatic N) is 3. The zero-order valence-electron chi connectivity index (χ0n) is 9.54. The normalized spacial score (nSPS) is 12.3. The summed E-state index contributed by atoms with van der Waals surface area (Å²) in [5.41, 5.74) is 0.285. The highest BCUT2D eigenvalue weighted by Gasteiger charge is 2.21. The van der Waals surface area contributed by atoms with Gasteiger partial charge in [0.15, 0.2) is 0 Å². The zero-order chi connectivity index (χ0) is 13.1. The van der Waals surface area contributed by atoms with Crippen molar-refractivity contribution >= 4 is 21.6 Å². The molecule has 0 aliphatic heterocycles. The molecule has 0 aliphatic carbocycles. The molecule has 0 bridgehead atoms. The van der Waals surface area contributed by atoms with Crippen LogP contribution in [-0.2, 0) is 0 Å². The number of nitro groups is 1. The minimum Gasteiger partial charge on any atom is -0.419 e. The highest BCUT2D eigenvalue weighted by molar-refractivity contribution is 9.09. The second-order valence-electron chi connectivity index (χ2n) is 3.60. The van der Waals surface area contributed by atoms with Gasteiger partial charge in [0.2, 0.25) is 5.89 Å². The molecule has 0 saturated heterocycles. The van der Waals surface area contributed by atoms with E-state index in [4.69, 9.17) is 4.42 Å². The molecule has 2 aromatic rings. The van der Waals surface area contributed by atoms with Gasteiger partial charge in [-0.25, -0.2) is 0 Å². The summed E-state index contributed by atoms with van der Waals surface area (Å²) in [4.78, 5) is 10.4. The second-order valence-corrected chi connectivity index (χ2v) is 4.70. The van der Waals surface area contributed by atoms with Gasteiger partial charge in [-0.2, -0.15) is 0 Å². The van der Waals surface area contributed by atoms with Crippen molar-refractivity contribution in [3.05, 3.63) is 40.3 Å². The number of para-hydroxylation sites is 1. The lowest BCUT2D eigenvalue weighted by Gasteiger charge is -1.99. The van der Waals surface area contributed by atoms with Crippen LogP contribution in [0.15, 0.2) is 28.7 Å². The van der Waals surface area contributed by atoms with Gasteiger partial charge < -0.3 is 4.42 Å². The monoisotopic (exact) mass is 311 g/mol. The minimum absolute atomic E-state index is 0.0403. The quantitative estimate of drug-likeness (QED) is 0.490. The number of nitro benzene ring substituents is 1. The molecule has 1 heterocycles. The van der Waals surface area contributed by atoms with Crippen LogP contribution in [0.3, 0.4) is 0 Å². The Hall–Kier alpha value is -1.76. The number of alkyl halides is 1. The average Bonchev–Trinajstić information content (AvgIpc) is 2.87. The van der Waals surface area contributed by atoms with Crippen molar-refractivity contribution < 1.29 is 9.34 Å². The Labute approximate surface area is 111 Å². The number of hydrogen-bond donors (Lipinski definition) is 0. The fourth-order valence-corrected chi connectivity index (χ4v) is 1.64. The molecule has 0 fully saturated rings. The summed E-state index contributed by atoms with van der Waals surface area (Å²) in [5, 5.41) is 18.6. The molecule has 0 N–H and O–H groups in total. The molecular weight excluding hydrogens is 302 g/mol. The van der Waals surface area contributed by atoms with Crippen LogP contribution in [0.2, 0.25) is 0 Å². The molecule has 2 rings (SSSR count). The van der Waals surface area contributed by atoms with Gasteiger partial charge in [-0.05, 0) is 12.5 Å². The summed E-state index contributed by atoms with van der Waals surface area (Å²) in [7, 11) is 0. The SMILES string of the molecule is CCC(Br)c1nnc(-c2ccccc2[N+](=O)[O-])o1. The van der Waals surface area contributed by atoms with Crippen LogP contribution in [0.25, 0.3) is 11.5 Å². The van der Waals surface area contributed by atoms with Gasteiger partial charge in [0.25, 0.3) is 11.6 Å². The maximum absolute atomic E-state index is 10.9. The Balaban J connectivity index is 2.43. The van der Waals surface area contributed by atoms with Gasteiger partial charge in [0.1, 0.15) is 5.56 Å². The summed E-state index contributed by atoms with van der Waals surface area (Å²) in [6.45, 7) is 1.97. The predicted octanol–water partition coefficient (Wildman–Crippen LogP) is 3.49. The van der Waals surface area contributed by atoms with E-state index in [-0.39, 0.29) is 16.4 Å². The van der Waals surface area contributed by atoms with E-state index in [0.717, 1.165) is 6.42 Å². The van der Waals surface area contributed by atoms with Gasteiger partial charge in [-0.1, -0.05) is 35.0 Å². The van der Waals surface area contributed by atoms with Crippen molar-refractivity contribution in [1.82, 2.24) is 10.2 Å². The zero-order valence-corrected chi connectivity index (χ0v) is 11.1. The first kappa shape index (κ1) is 12.7. The van der Waals surface area contributed by atoms with Gasteiger partial charge in [0, 0.05) is 6.07 Å². The Morgan fingerprint density at radius 3 is 2.83 bits per heavy atom. The summed E-state index contributed by atoms with van der Waals surface area (Å²) >= 11 is 3.39. The number of aromatic nitrogens is 2. The standard InChI is InChI=1S/C11H10BrN3O3/c1-2-8(12)11-14-13-10(18-11)7-5-3-4-6-9(7)15(16)17/h3-6,8H,2H2,1H3. The molecule has 1 atom stereocenters. The van der Waals surface area contributed by atoms with E-state index in [1.54, 1.807) is 18.2 Å². The van der Waals surface area contributed by atoms with Crippen molar-refractivity contribution in [3.63, 3.8) is 0 Å². The number of halogens is 1. The smallest absolute Gasteiger partial charge is 0.282 e. The van der Waals surface area contributed by atoms with Crippen LogP contribution >= 0.6 is 15.9 Å². The minimum atomic E-state index is -0.468. The van der Waals surface area contributed by atoms with Crippen LogP contribution in [0, 0.1) is 10.1 Å². The lowest BCUT2D eigenvalue weighted by molar-refractivity contribution is -0.384. The second kappa shape index (κ2) is 5.26. The summed E-state index contributed by atoms with van der Waals surface area (Å²) in [6, 6.07) is 6.28. The summed E-state index contributed by atoms with van der Waals surface area (Å²) < 4.78 is 5.44. The van der Waals surface area contributed by atoms with Gasteiger partial charge in [-0.15, -0.1) is 10.2 Å². The lowest BCUT2D eigenvalue weighted by Crippen LogP contribution is -1.91. The molecule has 1 unspecified atom stereocenters. The Kier molecular flexibility index (Phi) is 3.71. The summed E-state index contributed by atoms with van der Waals surface area (Å²) in [5.74, 6) is 0.584. The molecule has 7 heteroatoms. The van der Waals surface area contributed by atoms with E-state index in [1.165, 1.54) is 6.07 Å². The molecule has 6 nitrogen and oxygen atoms in total. The largest absolute Gasteiger partial charge is 0.419 e. The molecule has 0 saturated carbocycles. The average molecular weight is 312 g/mol. The van der Waals surface area contributed by atoms with Crippen molar-refractivity contribution in [2.45, 2.75) is 18.2 Å². The van der Waals surface area contributed by atoms with Gasteiger partial charge in [0.05, 0.1) is 9.75 Å². The molecule has 94 valence electrons. The highest BCUT2D eigenvalue weighted by atomic mass is 79.9. The third-order valence-electron chi connectivity index (χ3n) is 2.40. The third kappa shape index (κ3) is 2.40. The molecule has 1 aromatic carbocycles. The van der Waals surface area contributed by atoms with Gasteiger partial charge >= 0.3 is 0 Å². The Morgan fingerprint density at radius 2 is 2.17 bits per heavy atom. The van der Waals surface area contributed by atoms with E-state index >= 15 is 0 Å². The maximum Gasteiger partial charge on any atom is 0.282 e. The van der Waals surface area contributed by atoms with E-state index in [9.17, 15) is 10.1 Å². The lowest BCUT2D eigenvalue weighted by atomic mass is 10.2. The van der Waals surface area contributed by atoms with E-state index in [1.807, 2.05) is 6.92 Å². The predicted molar refractivity (Wildman–Crippen MR) is 68.3 cm³/mol. The number of benzene rings is 1. The topological polar surface area (TPSA) is 82.1 Å². The van der Waals surface area contributed by atoms with Crippen LogP contribution in [0.1, 0.15) is 24.1 Å². The van der Waals surface area contributed by atoms with Crippen molar-refractivity contribution in [2.24, 2.45) is 0 Å². The first-order valence-electron chi connectivity index (χ1n) is 5.34. The fraction of sp³-hybridized carbons (Fsp3) is 0.273. The summed E-state index contributed by atoms with van der Waals surface area (Å²) in [6.07, 6.45) is 0.790. The highest BCUT2D eigenvalue weighted by Crippen LogP contribution is 2.31. The molecule has 18 heavy (non-hydrogen) atoms. The van der Waals surface area contributed by atoms with Crippen LogP contribution in [0.5, 0.6) is 0 Å². The van der Waals surface area contributed by atoms with E-state index in [0.29, 0.717) is 11.5 Å². The van der Waals surface area contributed by atoms with E-state index in [2.05, 4.69) is 26.1 Å². The van der Waals surface area contributed by atoms with Crippen LogP contribution in [0.4, 0.5) is 5.69 Å².